The summed E-state index contributed by atoms with van der Waals surface area (Å²) in [4.78, 5) is 23.8. The molecule has 2 aromatic heterocycles. The van der Waals surface area contributed by atoms with Crippen LogP contribution in [-0.2, 0) is 13.2 Å². The number of nitrogens with zero attached hydrogens (tertiary/aromatic N) is 2. The van der Waals surface area contributed by atoms with Gasteiger partial charge in [0.15, 0.2) is 17.3 Å². The van der Waals surface area contributed by atoms with Crippen molar-refractivity contribution >= 4 is 34.0 Å². The van der Waals surface area contributed by atoms with Gasteiger partial charge in [0.1, 0.15) is 24.7 Å². The van der Waals surface area contributed by atoms with Gasteiger partial charge < -0.3 is 28.3 Å². The molecule has 2 N–H and O–H groups in total. The largest absolute Gasteiger partial charge is 0.493 e. The topological polar surface area (TPSA) is 125 Å². The summed E-state index contributed by atoms with van der Waals surface area (Å²) < 4.78 is 25.6. The molecule has 2 heterocycles. The van der Waals surface area contributed by atoms with E-state index in [4.69, 9.17) is 18.6 Å². The van der Waals surface area contributed by atoms with Crippen LogP contribution in [0.15, 0.2) is 98.9 Å². The third-order valence-electron chi connectivity index (χ3n) is 6.82. The van der Waals surface area contributed by atoms with Crippen LogP contribution in [0.5, 0.6) is 17.2 Å². The molecule has 0 fully saturated rings. The van der Waals surface area contributed by atoms with Crippen LogP contribution in [0.3, 0.4) is 0 Å². The SMILES string of the molecule is COc1cc(/C=N/NC(=O)c2ccc(COc3ccc(-n4c(C)ccc4C)cc3)o2)cc(Br)c1OCc1cccc(C(=O)O)c1. The van der Waals surface area contributed by atoms with E-state index in [0.717, 1.165) is 17.1 Å². The molecular weight excluding hydrogens is 642 g/mol. The number of carbonyl (C=O) groups excluding carboxylic acids is 1. The Morgan fingerprint density at radius 3 is 2.42 bits per heavy atom. The number of hydrogen-bond donors (Lipinski definition) is 2. The number of furan rings is 1. The number of aromatic carboxylic acids is 1. The summed E-state index contributed by atoms with van der Waals surface area (Å²) in [5, 5.41) is 13.2. The molecule has 0 bridgehead atoms. The maximum absolute atomic E-state index is 12.6. The van der Waals surface area contributed by atoms with E-state index in [1.165, 1.54) is 19.4 Å². The van der Waals surface area contributed by atoms with E-state index in [0.29, 0.717) is 38.6 Å². The lowest BCUT2D eigenvalue weighted by molar-refractivity contribution is 0.0696. The van der Waals surface area contributed by atoms with Gasteiger partial charge >= 0.3 is 11.9 Å². The minimum Gasteiger partial charge on any atom is -0.493 e. The molecule has 0 unspecified atom stereocenters. The lowest BCUT2D eigenvalue weighted by Crippen LogP contribution is -2.16. The maximum atomic E-state index is 12.6. The number of aromatic nitrogens is 1. The fourth-order valence-corrected chi connectivity index (χ4v) is 5.20. The number of methoxy groups -OCH3 is 1. The lowest BCUT2D eigenvalue weighted by atomic mass is 10.1. The van der Waals surface area contributed by atoms with E-state index < -0.39 is 11.9 Å². The second-order valence-corrected chi connectivity index (χ2v) is 10.9. The predicted molar refractivity (Wildman–Crippen MR) is 172 cm³/mol. The highest BCUT2D eigenvalue weighted by molar-refractivity contribution is 9.10. The van der Waals surface area contributed by atoms with Gasteiger partial charge in [-0.05, 0) is 114 Å². The van der Waals surface area contributed by atoms with Crippen LogP contribution in [0, 0.1) is 13.8 Å². The summed E-state index contributed by atoms with van der Waals surface area (Å²) in [5.41, 5.74) is 7.31. The van der Waals surface area contributed by atoms with Crippen molar-refractivity contribution < 1.29 is 33.3 Å². The van der Waals surface area contributed by atoms with Crippen LogP contribution in [-0.4, -0.2) is 34.9 Å². The molecule has 11 heteroatoms. The molecule has 0 aliphatic rings. The van der Waals surface area contributed by atoms with Crippen molar-refractivity contribution in [3.05, 3.63) is 129 Å². The molecule has 0 atom stereocenters. The number of ether oxygens (including phenoxy) is 3. The van der Waals surface area contributed by atoms with Gasteiger partial charge in [-0.25, -0.2) is 10.2 Å². The summed E-state index contributed by atoms with van der Waals surface area (Å²) in [7, 11) is 1.50. The standard InChI is InChI=1S/C34H30BrN3O7/c1-21-7-8-22(2)38(21)26-9-11-27(12-10-26)43-20-28-13-14-30(45-28)33(39)37-36-18-24-16-29(35)32(31(17-24)42-3)44-19-23-5-4-6-25(15-23)34(40)41/h4-18H,19-20H2,1-3H3,(H,37,39)(H,40,41)/b36-18+. The van der Waals surface area contributed by atoms with Gasteiger partial charge in [-0.15, -0.1) is 0 Å². The second-order valence-electron chi connectivity index (χ2n) is 10.0. The highest BCUT2D eigenvalue weighted by Crippen LogP contribution is 2.37. The Bertz CT molecular complexity index is 1840. The van der Waals surface area contributed by atoms with Crippen LogP contribution in [0.4, 0.5) is 0 Å². The average Bonchev–Trinajstić information content (AvgIpc) is 3.65. The number of nitrogens with one attached hydrogen (secondary N) is 1. The first-order valence-electron chi connectivity index (χ1n) is 13.8. The molecule has 5 aromatic rings. The van der Waals surface area contributed by atoms with E-state index in [-0.39, 0.29) is 24.5 Å². The number of carboxylic acids is 1. The fourth-order valence-electron chi connectivity index (χ4n) is 4.62. The van der Waals surface area contributed by atoms with E-state index in [2.05, 4.69) is 57.0 Å². The van der Waals surface area contributed by atoms with Crippen LogP contribution in [0.1, 0.15) is 49.2 Å². The van der Waals surface area contributed by atoms with Gasteiger partial charge in [0, 0.05) is 17.1 Å². The molecule has 0 saturated heterocycles. The normalized spacial score (nSPS) is 11.0. The summed E-state index contributed by atoms with van der Waals surface area (Å²) >= 11 is 3.48. The third-order valence-corrected chi connectivity index (χ3v) is 7.41. The summed E-state index contributed by atoms with van der Waals surface area (Å²) in [6.45, 7) is 4.42. The van der Waals surface area contributed by atoms with Crippen LogP contribution < -0.4 is 19.6 Å². The van der Waals surface area contributed by atoms with E-state index in [9.17, 15) is 14.7 Å². The van der Waals surface area contributed by atoms with E-state index in [1.54, 1.807) is 42.5 Å². The molecule has 230 valence electrons. The van der Waals surface area contributed by atoms with Gasteiger partial charge in [-0.3, -0.25) is 4.79 Å². The lowest BCUT2D eigenvalue weighted by Gasteiger charge is -2.13. The molecule has 1 amide bonds. The molecule has 45 heavy (non-hydrogen) atoms. The predicted octanol–water partition coefficient (Wildman–Crippen LogP) is 7.08. The minimum atomic E-state index is -1.01. The molecule has 5 rings (SSSR count). The van der Waals surface area contributed by atoms with Crippen molar-refractivity contribution in [3.8, 4) is 22.9 Å². The zero-order valence-electron chi connectivity index (χ0n) is 24.7. The van der Waals surface area contributed by atoms with E-state index in [1.807, 2.05) is 24.3 Å². The minimum absolute atomic E-state index is 0.0918. The Hall–Kier alpha value is -5.29. The zero-order valence-corrected chi connectivity index (χ0v) is 26.3. The number of carbonyl (C=O) groups is 2. The van der Waals surface area contributed by atoms with E-state index >= 15 is 0 Å². The summed E-state index contributed by atoms with van der Waals surface area (Å²) in [5.74, 6) is 0.591. The van der Waals surface area contributed by atoms with Gasteiger partial charge in [0.25, 0.3) is 0 Å². The molecule has 0 radical (unpaired) electrons. The number of halogens is 1. The monoisotopic (exact) mass is 671 g/mol. The average molecular weight is 673 g/mol. The Morgan fingerprint density at radius 2 is 1.71 bits per heavy atom. The molecule has 3 aromatic carbocycles. The molecular formula is C34H30BrN3O7. The Labute approximate surface area is 268 Å². The van der Waals surface area contributed by atoms with Crippen LogP contribution in [0.25, 0.3) is 5.69 Å². The number of hydrazone groups is 1. The number of carboxylic acid groups (broad SMARTS) is 1. The number of rotatable bonds is 12. The quantitative estimate of drug-likeness (QED) is 0.107. The molecule has 0 aliphatic heterocycles. The first-order chi connectivity index (χ1) is 21.7. The molecule has 0 spiro atoms. The number of amides is 1. The maximum Gasteiger partial charge on any atom is 0.335 e. The first kappa shape index (κ1) is 31.1. The number of hydrogen-bond acceptors (Lipinski definition) is 7. The van der Waals surface area contributed by atoms with Crippen molar-refractivity contribution in [2.75, 3.05) is 7.11 Å². The summed E-state index contributed by atoms with van der Waals surface area (Å²) in [6, 6.07) is 25.1. The molecule has 10 nitrogen and oxygen atoms in total. The van der Waals surface area contributed by atoms with Crippen molar-refractivity contribution in [2.24, 2.45) is 5.10 Å². The van der Waals surface area contributed by atoms with Crippen LogP contribution >= 0.6 is 15.9 Å². The van der Waals surface area contributed by atoms with Crippen molar-refractivity contribution in [2.45, 2.75) is 27.1 Å². The zero-order chi connectivity index (χ0) is 31.9. The number of aryl methyl sites for hydroxylation is 2. The first-order valence-corrected chi connectivity index (χ1v) is 14.6. The Morgan fingerprint density at radius 1 is 0.956 bits per heavy atom. The van der Waals surface area contributed by atoms with Crippen molar-refractivity contribution in [1.82, 2.24) is 9.99 Å². The van der Waals surface area contributed by atoms with Crippen molar-refractivity contribution in [1.29, 1.82) is 0 Å². The summed E-state index contributed by atoms with van der Waals surface area (Å²) in [6.07, 6.45) is 1.46. The van der Waals surface area contributed by atoms with Gasteiger partial charge in [-0.2, -0.15) is 5.10 Å². The Kier molecular flexibility index (Phi) is 9.69. The van der Waals surface area contributed by atoms with Gasteiger partial charge in [-0.1, -0.05) is 12.1 Å². The van der Waals surface area contributed by atoms with Crippen LogP contribution in [0.2, 0.25) is 0 Å². The highest BCUT2D eigenvalue weighted by Gasteiger charge is 2.14. The Balaban J connectivity index is 1.15. The van der Waals surface area contributed by atoms with Gasteiger partial charge in [0.05, 0.1) is 23.4 Å². The molecule has 0 aliphatic carbocycles. The molecule has 0 saturated carbocycles. The van der Waals surface area contributed by atoms with Crippen molar-refractivity contribution in [3.63, 3.8) is 0 Å². The number of benzene rings is 3. The smallest absolute Gasteiger partial charge is 0.335 e. The fraction of sp³-hybridized carbons (Fsp3) is 0.147. The second kappa shape index (κ2) is 14.0. The third kappa shape index (κ3) is 7.63. The highest BCUT2D eigenvalue weighted by atomic mass is 79.9. The van der Waals surface area contributed by atoms with Gasteiger partial charge in [0.2, 0.25) is 0 Å².